The van der Waals surface area contributed by atoms with Gasteiger partial charge in [0.15, 0.2) is 5.43 Å². The predicted octanol–water partition coefficient (Wildman–Crippen LogP) is 2.75. The van der Waals surface area contributed by atoms with Crippen LogP contribution in [-0.2, 0) is 0 Å². The van der Waals surface area contributed by atoms with Crippen LogP contribution in [0, 0.1) is 0 Å². The van der Waals surface area contributed by atoms with Crippen LogP contribution in [0.15, 0.2) is 57.7 Å². The van der Waals surface area contributed by atoms with Gasteiger partial charge in [-0.2, -0.15) is 0 Å². The third-order valence-electron chi connectivity index (χ3n) is 2.93. The monoisotopic (exact) mass is 253 g/mol. The Morgan fingerprint density at radius 2 is 1.79 bits per heavy atom. The summed E-state index contributed by atoms with van der Waals surface area (Å²) in [5, 5.41) is 9.87. The molecule has 0 bridgehead atoms. The summed E-state index contributed by atoms with van der Waals surface area (Å²) in [5.74, 6) is 0.373. The number of phenolic OH excluding ortho intramolecular Hbond substituents is 1. The Morgan fingerprint density at radius 1 is 1.05 bits per heavy atom. The summed E-state index contributed by atoms with van der Waals surface area (Å²) in [5.41, 5.74) is 7.11. The van der Waals surface area contributed by atoms with Crippen LogP contribution in [0.1, 0.15) is 0 Å². The van der Waals surface area contributed by atoms with E-state index in [4.69, 9.17) is 10.2 Å². The molecule has 0 aliphatic rings. The second-order valence-corrected chi connectivity index (χ2v) is 4.25. The van der Waals surface area contributed by atoms with E-state index >= 15 is 0 Å². The molecular weight excluding hydrogens is 242 g/mol. The first-order chi connectivity index (χ1) is 9.15. The highest BCUT2D eigenvalue weighted by Gasteiger charge is 2.09. The summed E-state index contributed by atoms with van der Waals surface area (Å²) in [6.07, 6.45) is 0. The molecule has 94 valence electrons. The van der Waals surface area contributed by atoms with E-state index in [1.54, 1.807) is 36.4 Å². The van der Waals surface area contributed by atoms with Crippen molar-refractivity contribution in [2.45, 2.75) is 0 Å². The zero-order chi connectivity index (χ0) is 13.4. The van der Waals surface area contributed by atoms with Gasteiger partial charge in [0.2, 0.25) is 0 Å². The van der Waals surface area contributed by atoms with E-state index in [0.717, 1.165) is 5.56 Å². The molecule has 0 atom stereocenters. The first-order valence-corrected chi connectivity index (χ1v) is 5.77. The number of aromatic hydroxyl groups is 1. The number of nitrogen functional groups attached to an aromatic ring is 1. The lowest BCUT2D eigenvalue weighted by Gasteiger charge is -2.04. The van der Waals surface area contributed by atoms with Crippen LogP contribution in [0.2, 0.25) is 0 Å². The molecule has 0 saturated heterocycles. The zero-order valence-corrected chi connectivity index (χ0v) is 9.96. The molecule has 0 aliphatic heterocycles. The smallest absolute Gasteiger partial charge is 0.197 e. The molecular formula is C15H11NO3. The quantitative estimate of drug-likeness (QED) is 0.654. The summed E-state index contributed by atoms with van der Waals surface area (Å²) in [6, 6.07) is 13.1. The molecule has 1 heterocycles. The van der Waals surface area contributed by atoms with E-state index < -0.39 is 0 Å². The fourth-order valence-corrected chi connectivity index (χ4v) is 1.98. The molecule has 19 heavy (non-hydrogen) atoms. The maximum atomic E-state index is 12.0. The lowest BCUT2D eigenvalue weighted by Crippen LogP contribution is -2.00. The minimum absolute atomic E-state index is 0.0740. The van der Waals surface area contributed by atoms with Gasteiger partial charge in [-0.1, -0.05) is 6.07 Å². The number of nitrogens with two attached hydrogens (primary N) is 1. The Hall–Kier alpha value is -2.75. The van der Waals surface area contributed by atoms with Crippen molar-refractivity contribution < 1.29 is 9.52 Å². The van der Waals surface area contributed by atoms with Crippen LogP contribution in [0.5, 0.6) is 5.75 Å². The molecule has 0 unspecified atom stereocenters. The topological polar surface area (TPSA) is 76.5 Å². The highest BCUT2D eigenvalue weighted by atomic mass is 16.3. The van der Waals surface area contributed by atoms with Gasteiger partial charge in [0.1, 0.15) is 22.5 Å². The SMILES string of the molecule is Nc1ccc(-c2cc(=O)c3c(O)cccc3o2)cc1. The van der Waals surface area contributed by atoms with E-state index in [2.05, 4.69) is 0 Å². The predicted molar refractivity (Wildman–Crippen MR) is 74.0 cm³/mol. The zero-order valence-electron chi connectivity index (χ0n) is 9.96. The first kappa shape index (κ1) is 11.3. The molecule has 0 aliphatic carbocycles. The molecule has 0 radical (unpaired) electrons. The highest BCUT2D eigenvalue weighted by molar-refractivity contribution is 5.84. The molecule has 0 spiro atoms. The minimum atomic E-state index is -0.272. The number of benzene rings is 2. The lowest BCUT2D eigenvalue weighted by molar-refractivity contribution is 0.479. The molecule has 4 heteroatoms. The Kier molecular flexibility index (Phi) is 2.49. The van der Waals surface area contributed by atoms with Crippen LogP contribution < -0.4 is 11.2 Å². The maximum Gasteiger partial charge on any atom is 0.197 e. The lowest BCUT2D eigenvalue weighted by atomic mass is 10.1. The Labute approximate surface area is 108 Å². The normalized spacial score (nSPS) is 10.7. The summed E-state index contributed by atoms with van der Waals surface area (Å²) in [6.45, 7) is 0. The molecule has 1 aromatic heterocycles. The number of anilines is 1. The third kappa shape index (κ3) is 1.93. The van der Waals surface area contributed by atoms with Crippen molar-refractivity contribution >= 4 is 16.7 Å². The van der Waals surface area contributed by atoms with Crippen molar-refractivity contribution in [1.82, 2.24) is 0 Å². The minimum Gasteiger partial charge on any atom is -0.507 e. The molecule has 4 nitrogen and oxygen atoms in total. The second-order valence-electron chi connectivity index (χ2n) is 4.25. The van der Waals surface area contributed by atoms with Crippen molar-refractivity contribution in [2.75, 3.05) is 5.73 Å². The van der Waals surface area contributed by atoms with E-state index in [9.17, 15) is 9.90 Å². The number of phenols is 1. The molecule has 0 saturated carbocycles. The van der Waals surface area contributed by atoms with Gasteiger partial charge in [0, 0.05) is 17.3 Å². The Balaban J connectivity index is 2.27. The molecule has 0 amide bonds. The Bertz CT molecular complexity index is 804. The number of rotatable bonds is 1. The summed E-state index contributed by atoms with van der Waals surface area (Å²) < 4.78 is 5.65. The van der Waals surface area contributed by atoms with Gasteiger partial charge in [0.05, 0.1) is 0 Å². The Morgan fingerprint density at radius 3 is 2.53 bits per heavy atom. The van der Waals surface area contributed by atoms with E-state index in [1.165, 1.54) is 12.1 Å². The van der Waals surface area contributed by atoms with Gasteiger partial charge < -0.3 is 15.3 Å². The van der Waals surface area contributed by atoms with Crippen LogP contribution in [-0.4, -0.2) is 5.11 Å². The standard InChI is InChI=1S/C15H11NO3/c16-10-6-4-9(5-7-10)14-8-12(18)15-11(17)2-1-3-13(15)19-14/h1-8,17H,16H2. The number of hydrogen-bond donors (Lipinski definition) is 2. The number of hydrogen-bond acceptors (Lipinski definition) is 4. The van der Waals surface area contributed by atoms with Crippen molar-refractivity contribution in [2.24, 2.45) is 0 Å². The summed E-state index contributed by atoms with van der Waals surface area (Å²) in [4.78, 5) is 12.0. The number of fused-ring (bicyclic) bond motifs is 1. The van der Waals surface area contributed by atoms with Gasteiger partial charge in [-0.05, 0) is 36.4 Å². The van der Waals surface area contributed by atoms with Gasteiger partial charge in [-0.25, -0.2) is 0 Å². The van der Waals surface area contributed by atoms with Crippen molar-refractivity contribution in [1.29, 1.82) is 0 Å². The fourth-order valence-electron chi connectivity index (χ4n) is 1.98. The van der Waals surface area contributed by atoms with Gasteiger partial charge in [-0.15, -0.1) is 0 Å². The largest absolute Gasteiger partial charge is 0.507 e. The second kappa shape index (κ2) is 4.17. The average Bonchev–Trinajstić information content (AvgIpc) is 2.39. The third-order valence-corrected chi connectivity index (χ3v) is 2.93. The van der Waals surface area contributed by atoms with E-state index in [-0.39, 0.29) is 16.6 Å². The van der Waals surface area contributed by atoms with Crippen molar-refractivity contribution in [3.8, 4) is 17.1 Å². The first-order valence-electron chi connectivity index (χ1n) is 5.77. The van der Waals surface area contributed by atoms with Gasteiger partial charge in [0.25, 0.3) is 0 Å². The molecule has 3 rings (SSSR count). The van der Waals surface area contributed by atoms with Crippen LogP contribution in [0.25, 0.3) is 22.3 Å². The fraction of sp³-hybridized carbons (Fsp3) is 0. The maximum absolute atomic E-state index is 12.0. The van der Waals surface area contributed by atoms with Crippen LogP contribution in [0.4, 0.5) is 5.69 Å². The average molecular weight is 253 g/mol. The summed E-state index contributed by atoms with van der Waals surface area (Å²) in [7, 11) is 0. The highest BCUT2D eigenvalue weighted by Crippen LogP contribution is 2.26. The van der Waals surface area contributed by atoms with Gasteiger partial charge in [-0.3, -0.25) is 4.79 Å². The van der Waals surface area contributed by atoms with Crippen molar-refractivity contribution in [3.05, 3.63) is 58.8 Å². The van der Waals surface area contributed by atoms with Gasteiger partial charge >= 0.3 is 0 Å². The summed E-state index contributed by atoms with van der Waals surface area (Å²) >= 11 is 0. The van der Waals surface area contributed by atoms with E-state index in [0.29, 0.717) is 17.0 Å². The molecule has 2 aromatic carbocycles. The van der Waals surface area contributed by atoms with Crippen molar-refractivity contribution in [3.63, 3.8) is 0 Å². The molecule has 3 N–H and O–H groups in total. The van der Waals surface area contributed by atoms with Crippen LogP contribution in [0.3, 0.4) is 0 Å². The van der Waals surface area contributed by atoms with E-state index in [1.807, 2.05) is 0 Å². The van der Waals surface area contributed by atoms with Crippen LogP contribution >= 0.6 is 0 Å². The molecule has 0 fully saturated rings. The molecule has 3 aromatic rings.